The normalized spacial score (nSPS) is 13.7. The van der Waals surface area contributed by atoms with Crippen molar-refractivity contribution < 1.29 is 8.42 Å². The smallest absolute Gasteiger partial charge is 0.211 e. The molecule has 0 aliphatic heterocycles. The van der Waals surface area contributed by atoms with Crippen molar-refractivity contribution in [2.45, 2.75) is 40.3 Å². The highest BCUT2D eigenvalue weighted by atomic mass is 32.2. The molecule has 6 heteroatoms. The van der Waals surface area contributed by atoms with Crippen molar-refractivity contribution in [2.75, 3.05) is 19.3 Å². The molecule has 1 atom stereocenters. The van der Waals surface area contributed by atoms with Gasteiger partial charge in [-0.2, -0.15) is 0 Å². The average molecular weight is 299 g/mol. The van der Waals surface area contributed by atoms with E-state index in [9.17, 15) is 8.42 Å². The van der Waals surface area contributed by atoms with E-state index in [0.717, 1.165) is 11.4 Å². The third-order valence-electron chi connectivity index (χ3n) is 3.29. The zero-order valence-electron chi connectivity index (χ0n) is 13.0. The highest BCUT2D eigenvalue weighted by molar-refractivity contribution is 7.89. The summed E-state index contributed by atoms with van der Waals surface area (Å²) in [5.74, 6) is 0.113. The Morgan fingerprint density at radius 2 is 2.00 bits per heavy atom. The third kappa shape index (κ3) is 5.56. The summed E-state index contributed by atoms with van der Waals surface area (Å²) in [7, 11) is -1.15. The molecule has 1 rings (SSSR count). The molecule has 1 N–H and O–H groups in total. The maximum Gasteiger partial charge on any atom is 0.211 e. The summed E-state index contributed by atoms with van der Waals surface area (Å²) >= 11 is 0. The number of rotatable bonds is 7. The molecule has 0 amide bonds. The Hall–Kier alpha value is -0.980. The minimum atomic E-state index is -3.13. The molecule has 1 aromatic heterocycles. The molecular weight excluding hydrogens is 274 g/mol. The standard InChI is InChI=1S/C14H25N3O2S/c1-6-20(18,19)15-9-13(4)17(5)10-14-8-11(2)7-12(3)16-14/h7-8,13,15H,6,9-10H2,1-5H3. The molecule has 0 aliphatic carbocycles. The van der Waals surface area contributed by atoms with Gasteiger partial charge in [-0.15, -0.1) is 0 Å². The first-order chi connectivity index (χ1) is 9.23. The number of sulfonamides is 1. The van der Waals surface area contributed by atoms with E-state index in [4.69, 9.17) is 0 Å². The second kappa shape index (κ2) is 7.15. The van der Waals surface area contributed by atoms with Crippen molar-refractivity contribution in [3.8, 4) is 0 Å². The summed E-state index contributed by atoms with van der Waals surface area (Å²) in [4.78, 5) is 6.60. The second-order valence-corrected chi connectivity index (χ2v) is 7.39. The third-order valence-corrected chi connectivity index (χ3v) is 4.66. The Morgan fingerprint density at radius 3 is 2.55 bits per heavy atom. The van der Waals surface area contributed by atoms with Crippen molar-refractivity contribution in [3.63, 3.8) is 0 Å². The van der Waals surface area contributed by atoms with Gasteiger partial charge in [-0.25, -0.2) is 13.1 Å². The SMILES string of the molecule is CCS(=O)(=O)NCC(C)N(C)Cc1cc(C)cc(C)n1. The fourth-order valence-electron chi connectivity index (χ4n) is 1.92. The minimum Gasteiger partial charge on any atom is -0.297 e. The maximum absolute atomic E-state index is 11.4. The molecule has 1 aromatic rings. The van der Waals surface area contributed by atoms with E-state index in [-0.39, 0.29) is 11.8 Å². The molecule has 1 heterocycles. The summed E-state index contributed by atoms with van der Waals surface area (Å²) in [6.07, 6.45) is 0. The van der Waals surface area contributed by atoms with Crippen LogP contribution in [0, 0.1) is 13.8 Å². The Bertz CT molecular complexity index is 523. The Balaban J connectivity index is 2.59. The lowest BCUT2D eigenvalue weighted by Gasteiger charge is -2.24. The number of aromatic nitrogens is 1. The zero-order valence-corrected chi connectivity index (χ0v) is 13.8. The largest absolute Gasteiger partial charge is 0.297 e. The lowest BCUT2D eigenvalue weighted by atomic mass is 10.2. The average Bonchev–Trinajstić information content (AvgIpc) is 2.34. The van der Waals surface area contributed by atoms with E-state index < -0.39 is 10.0 Å². The summed E-state index contributed by atoms with van der Waals surface area (Å²) in [6, 6.07) is 4.22. The Labute approximate surface area is 122 Å². The molecule has 0 aromatic carbocycles. The fraction of sp³-hybridized carbons (Fsp3) is 0.643. The number of nitrogens with one attached hydrogen (secondary N) is 1. The van der Waals surface area contributed by atoms with Crippen molar-refractivity contribution in [1.82, 2.24) is 14.6 Å². The van der Waals surface area contributed by atoms with Gasteiger partial charge in [0.05, 0.1) is 11.4 Å². The summed E-state index contributed by atoms with van der Waals surface area (Å²) in [6.45, 7) is 8.79. The number of aryl methyl sites for hydroxylation is 2. The van der Waals surface area contributed by atoms with Gasteiger partial charge in [-0.05, 0) is 52.4 Å². The zero-order chi connectivity index (χ0) is 15.3. The quantitative estimate of drug-likeness (QED) is 0.828. The van der Waals surface area contributed by atoms with Gasteiger partial charge in [0.1, 0.15) is 0 Å². The lowest BCUT2D eigenvalue weighted by molar-refractivity contribution is 0.247. The predicted octanol–water partition coefficient (Wildman–Crippen LogP) is 1.46. The van der Waals surface area contributed by atoms with E-state index >= 15 is 0 Å². The first-order valence-corrected chi connectivity index (χ1v) is 8.50. The van der Waals surface area contributed by atoms with Crippen LogP contribution >= 0.6 is 0 Å². The van der Waals surface area contributed by atoms with Gasteiger partial charge in [0.2, 0.25) is 10.0 Å². The number of hydrogen-bond acceptors (Lipinski definition) is 4. The van der Waals surface area contributed by atoms with Crippen LogP contribution in [0.5, 0.6) is 0 Å². The van der Waals surface area contributed by atoms with Crippen LogP contribution in [0.4, 0.5) is 0 Å². The Kier molecular flexibility index (Phi) is 6.10. The molecule has 5 nitrogen and oxygen atoms in total. The Morgan fingerprint density at radius 1 is 1.35 bits per heavy atom. The summed E-state index contributed by atoms with van der Waals surface area (Å²) in [5.41, 5.74) is 3.21. The van der Waals surface area contributed by atoms with Gasteiger partial charge in [-0.1, -0.05) is 0 Å². The van der Waals surface area contributed by atoms with E-state index in [1.165, 1.54) is 5.56 Å². The number of nitrogens with zero attached hydrogens (tertiary/aromatic N) is 2. The number of hydrogen-bond donors (Lipinski definition) is 1. The van der Waals surface area contributed by atoms with Crippen LogP contribution in [0.15, 0.2) is 12.1 Å². The maximum atomic E-state index is 11.4. The monoisotopic (exact) mass is 299 g/mol. The molecule has 0 saturated carbocycles. The van der Waals surface area contributed by atoms with Gasteiger partial charge in [0.25, 0.3) is 0 Å². The lowest BCUT2D eigenvalue weighted by Crippen LogP contribution is -2.40. The predicted molar refractivity (Wildman–Crippen MR) is 82.1 cm³/mol. The van der Waals surface area contributed by atoms with Gasteiger partial charge in [-0.3, -0.25) is 9.88 Å². The van der Waals surface area contributed by atoms with Crippen LogP contribution in [0.2, 0.25) is 0 Å². The van der Waals surface area contributed by atoms with Crippen LogP contribution in [-0.4, -0.2) is 43.7 Å². The number of likely N-dealkylation sites (N-methyl/N-ethyl adjacent to an activating group) is 1. The van der Waals surface area contributed by atoms with Crippen molar-refractivity contribution >= 4 is 10.0 Å². The molecular formula is C14H25N3O2S. The van der Waals surface area contributed by atoms with Crippen molar-refractivity contribution in [1.29, 1.82) is 0 Å². The van der Waals surface area contributed by atoms with Crippen molar-refractivity contribution in [2.24, 2.45) is 0 Å². The summed E-state index contributed by atoms with van der Waals surface area (Å²) < 4.78 is 25.5. The highest BCUT2D eigenvalue weighted by Crippen LogP contribution is 2.08. The molecule has 0 aliphatic rings. The van der Waals surface area contributed by atoms with Crippen molar-refractivity contribution in [3.05, 3.63) is 29.1 Å². The summed E-state index contributed by atoms with van der Waals surface area (Å²) in [5, 5.41) is 0. The van der Waals surface area contributed by atoms with Gasteiger partial charge < -0.3 is 0 Å². The van der Waals surface area contributed by atoms with Crippen LogP contribution in [-0.2, 0) is 16.6 Å². The molecule has 0 saturated heterocycles. The number of pyridine rings is 1. The molecule has 1 unspecified atom stereocenters. The van der Waals surface area contributed by atoms with E-state index in [1.54, 1.807) is 6.92 Å². The van der Waals surface area contributed by atoms with Gasteiger partial charge in [0.15, 0.2) is 0 Å². The van der Waals surface area contributed by atoms with Crippen LogP contribution in [0.3, 0.4) is 0 Å². The molecule has 20 heavy (non-hydrogen) atoms. The molecule has 0 spiro atoms. The van der Waals surface area contributed by atoms with E-state index in [1.807, 2.05) is 27.0 Å². The molecule has 0 fully saturated rings. The van der Waals surface area contributed by atoms with Crippen LogP contribution in [0.1, 0.15) is 30.8 Å². The van der Waals surface area contributed by atoms with Gasteiger partial charge >= 0.3 is 0 Å². The first kappa shape index (κ1) is 17.1. The highest BCUT2D eigenvalue weighted by Gasteiger charge is 2.14. The first-order valence-electron chi connectivity index (χ1n) is 6.85. The van der Waals surface area contributed by atoms with Gasteiger partial charge in [0, 0.05) is 24.8 Å². The molecule has 0 bridgehead atoms. The second-order valence-electron chi connectivity index (χ2n) is 5.29. The van der Waals surface area contributed by atoms with Crippen LogP contribution in [0.25, 0.3) is 0 Å². The minimum absolute atomic E-state index is 0.110. The van der Waals surface area contributed by atoms with Crippen LogP contribution < -0.4 is 4.72 Å². The fourth-order valence-corrected chi connectivity index (χ4v) is 2.62. The van der Waals surface area contributed by atoms with E-state index in [2.05, 4.69) is 27.6 Å². The molecule has 114 valence electrons. The molecule has 0 radical (unpaired) electrons. The van der Waals surface area contributed by atoms with E-state index in [0.29, 0.717) is 13.1 Å². The topological polar surface area (TPSA) is 62.3 Å².